The highest BCUT2D eigenvalue weighted by molar-refractivity contribution is 5.90. The maximum Gasteiger partial charge on any atom is 0.414 e. The van der Waals surface area contributed by atoms with E-state index in [2.05, 4.69) is 5.32 Å². The fourth-order valence-corrected chi connectivity index (χ4v) is 3.96. The molecule has 1 aromatic carbocycles. The van der Waals surface area contributed by atoms with E-state index in [-0.39, 0.29) is 25.4 Å². The molecule has 2 aliphatic rings. The molecule has 2 saturated heterocycles. The number of cyclic esters (lactones) is 1. The van der Waals surface area contributed by atoms with Crippen LogP contribution >= 0.6 is 0 Å². The van der Waals surface area contributed by atoms with Gasteiger partial charge in [-0.05, 0) is 24.3 Å². The van der Waals surface area contributed by atoms with Crippen molar-refractivity contribution in [1.82, 2.24) is 5.32 Å². The number of nitrogens with zero attached hydrogens (tertiary/aromatic N) is 3. The summed E-state index contributed by atoms with van der Waals surface area (Å²) in [5.74, 6) is -0.622. The highest BCUT2D eigenvalue weighted by atomic mass is 19.1. The molecule has 0 saturated carbocycles. The van der Waals surface area contributed by atoms with Crippen molar-refractivity contribution < 1.29 is 33.0 Å². The molecule has 0 aliphatic carbocycles. The number of hydrogen-bond acceptors (Lipinski definition) is 7. The molecule has 10 nitrogen and oxygen atoms in total. The molecule has 1 unspecified atom stereocenters. The van der Waals surface area contributed by atoms with Crippen LogP contribution in [0.15, 0.2) is 34.7 Å². The van der Waals surface area contributed by atoms with Gasteiger partial charge in [0.25, 0.3) is 0 Å². The van der Waals surface area contributed by atoms with Gasteiger partial charge in [0.05, 0.1) is 24.5 Å². The van der Waals surface area contributed by atoms with Crippen LogP contribution in [-0.4, -0.2) is 68.4 Å². The lowest BCUT2D eigenvalue weighted by molar-refractivity contribution is -0.136. The number of benzene rings is 1. The Morgan fingerprint density at radius 1 is 1.15 bits per heavy atom. The van der Waals surface area contributed by atoms with Gasteiger partial charge in [-0.15, -0.1) is 0 Å². The Morgan fingerprint density at radius 2 is 1.88 bits per heavy atom. The third-order valence-corrected chi connectivity index (χ3v) is 5.60. The van der Waals surface area contributed by atoms with Gasteiger partial charge in [0.15, 0.2) is 5.88 Å². The first-order valence-corrected chi connectivity index (χ1v) is 10.6. The minimum atomic E-state index is -0.954. The summed E-state index contributed by atoms with van der Waals surface area (Å²) in [5.41, 5.74) is 0.832. The molecule has 2 aromatic rings. The summed E-state index contributed by atoms with van der Waals surface area (Å²) < 4.78 is 25.8. The zero-order valence-electron chi connectivity index (χ0n) is 18.1. The minimum absolute atomic E-state index is 0.171. The maximum absolute atomic E-state index is 14.9. The van der Waals surface area contributed by atoms with E-state index in [0.717, 1.165) is 0 Å². The van der Waals surface area contributed by atoms with Crippen molar-refractivity contribution in [3.63, 3.8) is 0 Å². The van der Waals surface area contributed by atoms with E-state index in [0.29, 0.717) is 49.2 Å². The van der Waals surface area contributed by atoms with Gasteiger partial charge in [-0.1, -0.05) is 0 Å². The Hall–Kier alpha value is -3.76. The maximum atomic E-state index is 14.9. The van der Waals surface area contributed by atoms with Crippen LogP contribution in [0.4, 0.5) is 26.4 Å². The summed E-state index contributed by atoms with van der Waals surface area (Å²) in [6.07, 6.45) is -1.24. The average molecular weight is 460 g/mol. The molecular formula is C22H25FN4O6. The summed E-state index contributed by atoms with van der Waals surface area (Å²) in [6, 6.07) is 8.04. The lowest BCUT2D eigenvalue weighted by Gasteiger charge is -2.36. The van der Waals surface area contributed by atoms with Crippen LogP contribution in [0.2, 0.25) is 0 Å². The number of aliphatic carboxylic acids is 1. The monoisotopic (exact) mass is 460 g/mol. The Balaban J connectivity index is 1.36. The van der Waals surface area contributed by atoms with E-state index < -0.39 is 24.0 Å². The molecule has 4 rings (SSSR count). The van der Waals surface area contributed by atoms with E-state index in [4.69, 9.17) is 14.3 Å². The molecule has 0 bridgehead atoms. The van der Waals surface area contributed by atoms with Gasteiger partial charge < -0.3 is 29.4 Å². The Morgan fingerprint density at radius 3 is 2.55 bits per heavy atom. The number of carbonyl (C=O) groups excluding carboxylic acids is 2. The number of halogens is 1. The van der Waals surface area contributed by atoms with Gasteiger partial charge in [-0.25, -0.2) is 9.18 Å². The highest BCUT2D eigenvalue weighted by Crippen LogP contribution is 2.29. The SMILES string of the molecule is CC(=O)NCC1CN(c2ccc(N3CCN(c4ccc(CC(=O)O)o4)CC3)c(F)c2)C(=O)O1. The number of furan rings is 1. The normalized spacial score (nSPS) is 18.4. The van der Waals surface area contributed by atoms with Gasteiger partial charge in [0.1, 0.15) is 24.1 Å². The number of carbonyl (C=O) groups is 3. The van der Waals surface area contributed by atoms with Gasteiger partial charge in [0, 0.05) is 39.2 Å². The predicted octanol–water partition coefficient (Wildman–Crippen LogP) is 1.83. The molecule has 1 aromatic heterocycles. The fourth-order valence-electron chi connectivity index (χ4n) is 3.96. The molecule has 2 fully saturated rings. The molecule has 2 amide bonds. The minimum Gasteiger partial charge on any atom is -0.481 e. The smallest absolute Gasteiger partial charge is 0.414 e. The van der Waals surface area contributed by atoms with Crippen LogP contribution in [0, 0.1) is 5.82 Å². The van der Waals surface area contributed by atoms with Gasteiger partial charge in [0.2, 0.25) is 5.91 Å². The van der Waals surface area contributed by atoms with E-state index >= 15 is 0 Å². The van der Waals surface area contributed by atoms with Crippen molar-refractivity contribution in [2.45, 2.75) is 19.4 Å². The van der Waals surface area contributed by atoms with E-state index in [1.807, 2.05) is 9.80 Å². The molecule has 0 radical (unpaired) electrons. The van der Waals surface area contributed by atoms with Crippen LogP contribution in [-0.2, 0) is 20.7 Å². The van der Waals surface area contributed by atoms with Crippen molar-refractivity contribution in [3.05, 3.63) is 41.9 Å². The molecule has 3 heterocycles. The summed E-state index contributed by atoms with van der Waals surface area (Å²) in [7, 11) is 0. The van der Waals surface area contributed by atoms with Crippen LogP contribution in [0.5, 0.6) is 0 Å². The third kappa shape index (κ3) is 5.18. The number of hydrogen-bond donors (Lipinski definition) is 2. The lowest BCUT2D eigenvalue weighted by Crippen LogP contribution is -2.46. The number of anilines is 3. The first-order chi connectivity index (χ1) is 15.8. The summed E-state index contributed by atoms with van der Waals surface area (Å²) in [6.45, 7) is 4.09. The van der Waals surface area contributed by atoms with Crippen molar-refractivity contribution >= 4 is 35.2 Å². The summed E-state index contributed by atoms with van der Waals surface area (Å²) >= 11 is 0. The second-order valence-electron chi connectivity index (χ2n) is 7.97. The zero-order chi connectivity index (χ0) is 23.5. The number of amides is 2. The van der Waals surface area contributed by atoms with E-state index in [1.54, 1.807) is 24.3 Å². The molecule has 0 spiro atoms. The third-order valence-electron chi connectivity index (χ3n) is 5.60. The van der Waals surface area contributed by atoms with Gasteiger partial charge >= 0.3 is 12.1 Å². The summed E-state index contributed by atoms with van der Waals surface area (Å²) in [4.78, 5) is 39.3. The average Bonchev–Trinajstić information content (AvgIpc) is 3.38. The quantitative estimate of drug-likeness (QED) is 0.643. The van der Waals surface area contributed by atoms with Crippen LogP contribution in [0.3, 0.4) is 0 Å². The van der Waals surface area contributed by atoms with Gasteiger partial charge in [-0.3, -0.25) is 14.5 Å². The van der Waals surface area contributed by atoms with E-state index in [1.165, 1.54) is 17.9 Å². The summed E-state index contributed by atoms with van der Waals surface area (Å²) in [5, 5.41) is 11.5. The number of carboxylic acid groups (broad SMARTS) is 1. The molecule has 33 heavy (non-hydrogen) atoms. The number of ether oxygens (including phenoxy) is 1. The van der Waals surface area contributed by atoms with Crippen molar-refractivity contribution in [2.24, 2.45) is 0 Å². The largest absolute Gasteiger partial charge is 0.481 e. The fraction of sp³-hybridized carbons (Fsp3) is 0.409. The topological polar surface area (TPSA) is 116 Å². The van der Waals surface area contributed by atoms with Gasteiger partial charge in [-0.2, -0.15) is 0 Å². The molecule has 2 aliphatic heterocycles. The molecule has 11 heteroatoms. The Bertz CT molecular complexity index is 1050. The number of carboxylic acids is 1. The lowest BCUT2D eigenvalue weighted by atomic mass is 10.2. The van der Waals surface area contributed by atoms with Crippen molar-refractivity contribution in [3.8, 4) is 0 Å². The first kappa shape index (κ1) is 22.4. The first-order valence-electron chi connectivity index (χ1n) is 10.6. The van der Waals surface area contributed by atoms with Crippen molar-refractivity contribution in [1.29, 1.82) is 0 Å². The van der Waals surface area contributed by atoms with Crippen LogP contribution in [0.25, 0.3) is 0 Å². The second kappa shape index (κ2) is 9.39. The number of rotatable bonds is 7. The van der Waals surface area contributed by atoms with Crippen molar-refractivity contribution in [2.75, 3.05) is 54.0 Å². The molecule has 2 N–H and O–H groups in total. The highest BCUT2D eigenvalue weighted by Gasteiger charge is 2.33. The standard InChI is InChI=1S/C22H25FN4O6/c1-14(28)24-12-17-13-27(22(31)33-17)15-2-4-19(18(23)10-15)25-6-8-26(9-7-25)20-5-3-16(32-20)11-21(29)30/h2-5,10,17H,6-9,11-13H2,1H3,(H,24,28)(H,29,30). The second-order valence-corrected chi connectivity index (χ2v) is 7.97. The van der Waals surface area contributed by atoms with Crippen LogP contribution < -0.4 is 20.0 Å². The van der Waals surface area contributed by atoms with Crippen LogP contribution in [0.1, 0.15) is 12.7 Å². The predicted molar refractivity (Wildman–Crippen MR) is 117 cm³/mol. The zero-order valence-corrected chi connectivity index (χ0v) is 18.1. The number of piperazine rings is 1. The van der Waals surface area contributed by atoms with E-state index in [9.17, 15) is 18.8 Å². The Kier molecular flexibility index (Phi) is 6.38. The number of nitrogens with one attached hydrogen (secondary N) is 1. The molecule has 1 atom stereocenters. The molecular weight excluding hydrogens is 435 g/mol. The Labute approximate surface area is 189 Å². The molecule has 176 valence electrons.